The van der Waals surface area contributed by atoms with Crippen molar-refractivity contribution in [2.24, 2.45) is 5.73 Å². The molecule has 0 fully saturated rings. The number of rotatable bonds is 5. The summed E-state index contributed by atoms with van der Waals surface area (Å²) in [5.74, 6) is -0.247. The van der Waals surface area contributed by atoms with Crippen molar-refractivity contribution in [2.45, 2.75) is 13.0 Å². The molecule has 106 valence electrons. The van der Waals surface area contributed by atoms with Gasteiger partial charge in [0.2, 0.25) is 0 Å². The lowest BCUT2D eigenvalue weighted by Gasteiger charge is -2.12. The van der Waals surface area contributed by atoms with Gasteiger partial charge in [-0.3, -0.25) is 0 Å². The number of benzene rings is 2. The molecule has 0 unspecified atom stereocenters. The summed E-state index contributed by atoms with van der Waals surface area (Å²) in [5.41, 5.74) is 6.48. The molecule has 0 aliphatic rings. The molecule has 2 aromatic rings. The maximum atomic E-state index is 13.6. The molecule has 0 atom stereocenters. The third-order valence-electron chi connectivity index (χ3n) is 2.83. The lowest BCUT2D eigenvalue weighted by Crippen LogP contribution is -2.06. The fourth-order valence-electron chi connectivity index (χ4n) is 1.85. The molecule has 0 radical (unpaired) electrons. The fraction of sp³-hybridized carbons (Fsp3) is 0.200. The summed E-state index contributed by atoms with van der Waals surface area (Å²) < 4.78 is 32.3. The second-order valence-electron chi connectivity index (χ2n) is 4.32. The molecule has 2 aromatic carbocycles. The zero-order valence-electron chi connectivity index (χ0n) is 10.7. The first-order valence-electron chi connectivity index (χ1n) is 6.15. The number of ether oxygens (including phenoxy) is 1. The van der Waals surface area contributed by atoms with Crippen molar-refractivity contribution in [1.29, 1.82) is 0 Å². The van der Waals surface area contributed by atoms with E-state index in [4.69, 9.17) is 22.1 Å². The Hall–Kier alpha value is -1.65. The highest BCUT2D eigenvalue weighted by atomic mass is 35.5. The first-order valence-corrected chi connectivity index (χ1v) is 6.53. The van der Waals surface area contributed by atoms with Crippen LogP contribution in [-0.2, 0) is 13.0 Å². The molecule has 0 amide bonds. The van der Waals surface area contributed by atoms with E-state index in [1.165, 1.54) is 36.4 Å². The van der Waals surface area contributed by atoms with Gasteiger partial charge in [-0.2, -0.15) is 0 Å². The summed E-state index contributed by atoms with van der Waals surface area (Å²) in [6.45, 7) is 0.404. The number of halogens is 3. The van der Waals surface area contributed by atoms with E-state index in [0.29, 0.717) is 34.9 Å². The Morgan fingerprint density at radius 2 is 1.85 bits per heavy atom. The summed E-state index contributed by atoms with van der Waals surface area (Å²) in [7, 11) is 0. The van der Waals surface area contributed by atoms with E-state index in [1.807, 2.05) is 0 Å². The van der Waals surface area contributed by atoms with Gasteiger partial charge in [-0.1, -0.05) is 11.6 Å². The van der Waals surface area contributed by atoms with E-state index < -0.39 is 5.82 Å². The molecule has 20 heavy (non-hydrogen) atoms. The molecule has 0 heterocycles. The van der Waals surface area contributed by atoms with Crippen LogP contribution in [0.15, 0.2) is 36.4 Å². The van der Waals surface area contributed by atoms with E-state index in [1.54, 1.807) is 0 Å². The largest absolute Gasteiger partial charge is 0.489 e. The Morgan fingerprint density at radius 1 is 1.05 bits per heavy atom. The summed E-state index contributed by atoms with van der Waals surface area (Å²) >= 11 is 5.81. The van der Waals surface area contributed by atoms with E-state index >= 15 is 0 Å². The summed E-state index contributed by atoms with van der Waals surface area (Å²) in [4.78, 5) is 0. The quantitative estimate of drug-likeness (QED) is 0.913. The minimum atomic E-state index is -0.392. The predicted octanol–water partition coefficient (Wildman–Crippen LogP) is 3.70. The topological polar surface area (TPSA) is 35.2 Å². The van der Waals surface area contributed by atoms with Gasteiger partial charge in [0.25, 0.3) is 0 Å². The monoisotopic (exact) mass is 297 g/mol. The van der Waals surface area contributed by atoms with Crippen LogP contribution >= 0.6 is 11.6 Å². The van der Waals surface area contributed by atoms with Gasteiger partial charge in [-0.25, -0.2) is 8.78 Å². The van der Waals surface area contributed by atoms with Gasteiger partial charge >= 0.3 is 0 Å². The van der Waals surface area contributed by atoms with Crippen molar-refractivity contribution >= 4 is 11.6 Å². The van der Waals surface area contributed by atoms with E-state index in [-0.39, 0.29) is 12.4 Å². The van der Waals surface area contributed by atoms with Gasteiger partial charge in [-0.05, 0) is 54.9 Å². The van der Waals surface area contributed by atoms with Gasteiger partial charge < -0.3 is 10.5 Å². The van der Waals surface area contributed by atoms with Crippen LogP contribution in [0, 0.1) is 11.6 Å². The normalized spacial score (nSPS) is 10.6. The van der Waals surface area contributed by atoms with Gasteiger partial charge in [-0.15, -0.1) is 0 Å². The molecule has 0 aliphatic heterocycles. The average Bonchev–Trinajstić information content (AvgIpc) is 2.42. The first-order chi connectivity index (χ1) is 9.60. The SMILES string of the molecule is NCCc1cc(F)ccc1OCc1cc(Cl)ccc1F. The maximum Gasteiger partial charge on any atom is 0.129 e. The lowest BCUT2D eigenvalue weighted by atomic mass is 10.1. The molecule has 2 rings (SSSR count). The Balaban J connectivity index is 2.16. The number of nitrogens with two attached hydrogens (primary N) is 1. The van der Waals surface area contributed by atoms with Crippen LogP contribution in [0.4, 0.5) is 8.78 Å². The summed E-state index contributed by atoms with van der Waals surface area (Å²) in [6.07, 6.45) is 0.491. The average molecular weight is 298 g/mol. The van der Waals surface area contributed by atoms with Gasteiger partial charge in [0.15, 0.2) is 0 Å². The van der Waals surface area contributed by atoms with Gasteiger partial charge in [0, 0.05) is 10.6 Å². The minimum Gasteiger partial charge on any atom is -0.489 e. The van der Waals surface area contributed by atoms with Crippen LogP contribution in [0.2, 0.25) is 5.02 Å². The molecule has 0 saturated carbocycles. The van der Waals surface area contributed by atoms with Crippen molar-refractivity contribution in [3.05, 3.63) is 64.2 Å². The van der Waals surface area contributed by atoms with Gasteiger partial charge in [0.1, 0.15) is 24.0 Å². The highest BCUT2D eigenvalue weighted by Gasteiger charge is 2.08. The van der Waals surface area contributed by atoms with Crippen molar-refractivity contribution in [1.82, 2.24) is 0 Å². The zero-order valence-corrected chi connectivity index (χ0v) is 11.5. The van der Waals surface area contributed by atoms with Crippen LogP contribution in [-0.4, -0.2) is 6.54 Å². The van der Waals surface area contributed by atoms with E-state index in [0.717, 1.165) is 0 Å². The van der Waals surface area contributed by atoms with Crippen LogP contribution in [0.25, 0.3) is 0 Å². The molecular weight excluding hydrogens is 284 g/mol. The van der Waals surface area contributed by atoms with Crippen LogP contribution in [0.3, 0.4) is 0 Å². The standard InChI is InChI=1S/C15H14ClF2NO/c16-12-1-3-14(18)11(7-12)9-20-15-4-2-13(17)8-10(15)5-6-19/h1-4,7-8H,5-6,9,19H2. The van der Waals surface area contributed by atoms with Crippen molar-refractivity contribution in [3.8, 4) is 5.75 Å². The second kappa shape index (κ2) is 6.68. The molecule has 5 heteroatoms. The summed E-state index contributed by atoms with van der Waals surface area (Å²) in [6, 6.07) is 8.44. The summed E-state index contributed by atoms with van der Waals surface area (Å²) in [5, 5.41) is 0.436. The second-order valence-corrected chi connectivity index (χ2v) is 4.75. The molecule has 0 aromatic heterocycles. The molecule has 0 bridgehead atoms. The Morgan fingerprint density at radius 3 is 2.60 bits per heavy atom. The molecule has 0 aliphatic carbocycles. The molecule has 2 N–H and O–H groups in total. The van der Waals surface area contributed by atoms with Gasteiger partial charge in [0.05, 0.1) is 0 Å². The third kappa shape index (κ3) is 3.68. The smallest absolute Gasteiger partial charge is 0.129 e. The zero-order chi connectivity index (χ0) is 14.5. The van der Waals surface area contributed by atoms with Crippen LogP contribution < -0.4 is 10.5 Å². The molecule has 0 spiro atoms. The highest BCUT2D eigenvalue weighted by molar-refractivity contribution is 6.30. The lowest BCUT2D eigenvalue weighted by molar-refractivity contribution is 0.296. The first kappa shape index (κ1) is 14.8. The fourth-order valence-corrected chi connectivity index (χ4v) is 2.04. The van der Waals surface area contributed by atoms with Crippen molar-refractivity contribution in [2.75, 3.05) is 6.54 Å². The molecule has 0 saturated heterocycles. The Bertz CT molecular complexity index is 604. The minimum absolute atomic E-state index is 0.0234. The van der Waals surface area contributed by atoms with E-state index in [9.17, 15) is 8.78 Å². The predicted molar refractivity (Wildman–Crippen MR) is 74.9 cm³/mol. The van der Waals surface area contributed by atoms with Crippen molar-refractivity contribution in [3.63, 3.8) is 0 Å². The van der Waals surface area contributed by atoms with Crippen molar-refractivity contribution < 1.29 is 13.5 Å². The Kier molecular flexibility index (Phi) is 4.93. The highest BCUT2D eigenvalue weighted by Crippen LogP contribution is 2.23. The van der Waals surface area contributed by atoms with Crippen LogP contribution in [0.5, 0.6) is 5.75 Å². The molecular formula is C15H14ClF2NO. The maximum absolute atomic E-state index is 13.6. The van der Waals surface area contributed by atoms with Crippen LogP contribution in [0.1, 0.15) is 11.1 Å². The Labute approximate surface area is 121 Å². The van der Waals surface area contributed by atoms with E-state index in [2.05, 4.69) is 0 Å². The number of hydrogen-bond acceptors (Lipinski definition) is 2. The third-order valence-corrected chi connectivity index (χ3v) is 3.06. The number of hydrogen-bond donors (Lipinski definition) is 1. The molecule has 2 nitrogen and oxygen atoms in total.